The Morgan fingerprint density at radius 3 is 2.25 bits per heavy atom. The third-order valence-corrected chi connectivity index (χ3v) is 3.65. The molecule has 0 amide bonds. The minimum absolute atomic E-state index is 0.308. The molecule has 0 aliphatic heterocycles. The molecule has 0 heterocycles. The molecule has 2 aromatic carbocycles. The summed E-state index contributed by atoms with van der Waals surface area (Å²) in [5.74, 6) is 0.375. The Morgan fingerprint density at radius 1 is 1.04 bits per heavy atom. The van der Waals surface area contributed by atoms with Gasteiger partial charge in [0.2, 0.25) is 0 Å². The third kappa shape index (κ3) is 4.49. The Bertz CT molecular complexity index is 628. The van der Waals surface area contributed by atoms with E-state index in [-0.39, 0.29) is 6.04 Å². The lowest BCUT2D eigenvalue weighted by Gasteiger charge is -2.27. The number of benzene rings is 2. The zero-order valence-electron chi connectivity index (χ0n) is 14.2. The van der Waals surface area contributed by atoms with E-state index >= 15 is 0 Å². The molecule has 2 aromatic rings. The standard InChI is InChI=1S/C19H23NO4/c1-4-24-19(21)18(23-3)17(14-8-6-5-7-9-14)20-15-10-12-16(22-2)13-11-15/h5-13,17-18,20H,4H2,1-3H3/t17-,18+/m0/s1. The molecule has 0 bridgehead atoms. The summed E-state index contributed by atoms with van der Waals surface area (Å²) < 4.78 is 15.8. The van der Waals surface area contributed by atoms with Crippen molar-refractivity contribution in [2.75, 3.05) is 26.1 Å². The van der Waals surface area contributed by atoms with Crippen LogP contribution in [-0.2, 0) is 14.3 Å². The van der Waals surface area contributed by atoms with Gasteiger partial charge in [0.25, 0.3) is 0 Å². The number of carbonyl (C=O) groups is 1. The lowest BCUT2D eigenvalue weighted by Crippen LogP contribution is -2.36. The van der Waals surface area contributed by atoms with Crippen molar-refractivity contribution in [1.29, 1.82) is 0 Å². The van der Waals surface area contributed by atoms with Crippen molar-refractivity contribution >= 4 is 11.7 Å². The Balaban J connectivity index is 2.29. The predicted octanol–water partition coefficient (Wildman–Crippen LogP) is 3.43. The number of hydrogen-bond acceptors (Lipinski definition) is 5. The Kier molecular flexibility index (Phi) is 6.63. The maximum Gasteiger partial charge on any atom is 0.337 e. The summed E-state index contributed by atoms with van der Waals surface area (Å²) in [6.07, 6.45) is -0.755. The Labute approximate surface area is 142 Å². The zero-order chi connectivity index (χ0) is 17.4. The van der Waals surface area contributed by atoms with Crippen LogP contribution in [0.3, 0.4) is 0 Å². The largest absolute Gasteiger partial charge is 0.497 e. The minimum atomic E-state index is -0.755. The summed E-state index contributed by atoms with van der Waals surface area (Å²) in [6, 6.07) is 16.8. The van der Waals surface area contributed by atoms with Crippen LogP contribution in [0.2, 0.25) is 0 Å². The molecule has 2 rings (SSSR count). The van der Waals surface area contributed by atoms with Crippen LogP contribution in [0.5, 0.6) is 5.75 Å². The molecular weight excluding hydrogens is 306 g/mol. The Morgan fingerprint density at radius 2 is 1.71 bits per heavy atom. The molecular formula is C19H23NO4. The summed E-state index contributed by atoms with van der Waals surface area (Å²) in [5, 5.41) is 3.36. The molecule has 1 N–H and O–H groups in total. The van der Waals surface area contributed by atoms with Crippen LogP contribution in [-0.4, -0.2) is 32.9 Å². The highest BCUT2D eigenvalue weighted by Crippen LogP contribution is 2.26. The molecule has 0 spiro atoms. The fraction of sp³-hybridized carbons (Fsp3) is 0.316. The maximum absolute atomic E-state index is 12.3. The highest BCUT2D eigenvalue weighted by Gasteiger charge is 2.31. The Hall–Kier alpha value is -2.53. The van der Waals surface area contributed by atoms with Gasteiger partial charge in [-0.3, -0.25) is 0 Å². The topological polar surface area (TPSA) is 56.8 Å². The van der Waals surface area contributed by atoms with Gasteiger partial charge in [-0.05, 0) is 36.8 Å². The molecule has 5 heteroatoms. The van der Waals surface area contributed by atoms with E-state index < -0.39 is 12.1 Å². The van der Waals surface area contributed by atoms with E-state index in [0.29, 0.717) is 6.61 Å². The summed E-state index contributed by atoms with van der Waals surface area (Å²) in [6.45, 7) is 2.09. The summed E-state index contributed by atoms with van der Waals surface area (Å²) in [4.78, 5) is 12.3. The molecule has 5 nitrogen and oxygen atoms in total. The van der Waals surface area contributed by atoms with Crippen molar-refractivity contribution in [2.45, 2.75) is 19.1 Å². The van der Waals surface area contributed by atoms with E-state index in [1.807, 2.05) is 54.6 Å². The van der Waals surface area contributed by atoms with Crippen LogP contribution >= 0.6 is 0 Å². The second-order valence-electron chi connectivity index (χ2n) is 5.17. The smallest absolute Gasteiger partial charge is 0.337 e. The second kappa shape index (κ2) is 8.93. The number of ether oxygens (including phenoxy) is 3. The first-order valence-corrected chi connectivity index (χ1v) is 7.84. The first-order chi connectivity index (χ1) is 11.7. The summed E-state index contributed by atoms with van der Waals surface area (Å²) >= 11 is 0. The van der Waals surface area contributed by atoms with Crippen LogP contribution in [0.1, 0.15) is 18.5 Å². The van der Waals surface area contributed by atoms with Gasteiger partial charge in [0, 0.05) is 12.8 Å². The van der Waals surface area contributed by atoms with Gasteiger partial charge in [-0.2, -0.15) is 0 Å². The molecule has 0 radical (unpaired) electrons. The normalized spacial score (nSPS) is 13.0. The van der Waals surface area contributed by atoms with E-state index in [1.165, 1.54) is 7.11 Å². The maximum atomic E-state index is 12.3. The number of esters is 1. The zero-order valence-corrected chi connectivity index (χ0v) is 14.2. The molecule has 0 fully saturated rings. The minimum Gasteiger partial charge on any atom is -0.497 e. The van der Waals surface area contributed by atoms with E-state index in [1.54, 1.807) is 14.0 Å². The summed E-state index contributed by atoms with van der Waals surface area (Å²) in [7, 11) is 3.13. The van der Waals surface area contributed by atoms with Gasteiger partial charge >= 0.3 is 5.97 Å². The van der Waals surface area contributed by atoms with Crippen LogP contribution in [0.4, 0.5) is 5.69 Å². The number of rotatable bonds is 8. The van der Waals surface area contributed by atoms with Crippen molar-refractivity contribution in [1.82, 2.24) is 0 Å². The quantitative estimate of drug-likeness (QED) is 0.752. The average Bonchev–Trinajstić information content (AvgIpc) is 2.63. The van der Waals surface area contributed by atoms with Crippen molar-refractivity contribution in [3.05, 3.63) is 60.2 Å². The van der Waals surface area contributed by atoms with Crippen molar-refractivity contribution in [3.63, 3.8) is 0 Å². The van der Waals surface area contributed by atoms with Crippen molar-refractivity contribution in [2.24, 2.45) is 0 Å². The first-order valence-electron chi connectivity index (χ1n) is 7.84. The van der Waals surface area contributed by atoms with Crippen LogP contribution in [0, 0.1) is 0 Å². The third-order valence-electron chi connectivity index (χ3n) is 3.65. The van der Waals surface area contributed by atoms with Gasteiger partial charge in [0.1, 0.15) is 5.75 Å². The van der Waals surface area contributed by atoms with Gasteiger partial charge in [-0.15, -0.1) is 0 Å². The highest BCUT2D eigenvalue weighted by molar-refractivity contribution is 5.77. The molecule has 0 saturated heterocycles. The van der Waals surface area contributed by atoms with E-state index in [0.717, 1.165) is 17.0 Å². The second-order valence-corrected chi connectivity index (χ2v) is 5.17. The molecule has 0 unspecified atom stereocenters. The van der Waals surface area contributed by atoms with Gasteiger partial charge in [0.15, 0.2) is 6.10 Å². The van der Waals surface area contributed by atoms with Crippen molar-refractivity contribution < 1.29 is 19.0 Å². The number of nitrogens with one attached hydrogen (secondary N) is 1. The SMILES string of the molecule is CCOC(=O)[C@H](OC)[C@@H](Nc1ccc(OC)cc1)c1ccccc1. The molecule has 128 valence electrons. The molecule has 0 aromatic heterocycles. The lowest BCUT2D eigenvalue weighted by atomic mass is 10.0. The monoisotopic (exact) mass is 329 g/mol. The van der Waals surface area contributed by atoms with E-state index in [9.17, 15) is 4.79 Å². The molecule has 0 aliphatic carbocycles. The number of anilines is 1. The van der Waals surface area contributed by atoms with Gasteiger partial charge in [-0.25, -0.2) is 4.79 Å². The average molecular weight is 329 g/mol. The van der Waals surface area contributed by atoms with E-state index in [2.05, 4.69) is 5.32 Å². The lowest BCUT2D eigenvalue weighted by molar-refractivity contribution is -0.155. The fourth-order valence-corrected chi connectivity index (χ4v) is 2.45. The van der Waals surface area contributed by atoms with Crippen LogP contribution in [0.15, 0.2) is 54.6 Å². The van der Waals surface area contributed by atoms with Crippen LogP contribution < -0.4 is 10.1 Å². The van der Waals surface area contributed by atoms with Crippen LogP contribution in [0.25, 0.3) is 0 Å². The van der Waals surface area contributed by atoms with E-state index in [4.69, 9.17) is 14.2 Å². The number of hydrogen-bond donors (Lipinski definition) is 1. The summed E-state index contributed by atoms with van der Waals surface area (Å²) in [5.41, 5.74) is 1.80. The van der Waals surface area contributed by atoms with Crippen molar-refractivity contribution in [3.8, 4) is 5.75 Å². The molecule has 0 saturated carbocycles. The number of carbonyl (C=O) groups excluding carboxylic acids is 1. The molecule has 2 atom stereocenters. The molecule has 0 aliphatic rings. The van der Waals surface area contributed by atoms with Gasteiger partial charge in [0.05, 0.1) is 19.8 Å². The van der Waals surface area contributed by atoms with Gasteiger partial charge in [-0.1, -0.05) is 30.3 Å². The fourth-order valence-electron chi connectivity index (χ4n) is 2.45. The first kappa shape index (κ1) is 17.8. The predicted molar refractivity (Wildman–Crippen MR) is 93.2 cm³/mol. The highest BCUT2D eigenvalue weighted by atomic mass is 16.6. The number of methoxy groups -OCH3 is 2. The van der Waals surface area contributed by atoms with Gasteiger partial charge < -0.3 is 19.5 Å². The molecule has 24 heavy (non-hydrogen) atoms.